The van der Waals surface area contributed by atoms with E-state index in [0.29, 0.717) is 5.92 Å². The Morgan fingerprint density at radius 3 is 2.09 bits per heavy atom. The third kappa shape index (κ3) is 2.96. The summed E-state index contributed by atoms with van der Waals surface area (Å²) < 4.78 is 2.23. The molecule has 0 saturated carbocycles. The summed E-state index contributed by atoms with van der Waals surface area (Å²) in [5.74, 6) is 1.57. The largest absolute Gasteiger partial charge is 0.328 e. The predicted octanol–water partition coefficient (Wildman–Crippen LogP) is 8.34. The van der Waals surface area contributed by atoms with E-state index in [1.807, 2.05) is 0 Å². The van der Waals surface area contributed by atoms with Gasteiger partial charge in [0.1, 0.15) is 11.5 Å². The maximum absolute atomic E-state index is 5.24. The molecule has 0 saturated heterocycles. The first-order chi connectivity index (χ1) is 16.5. The first kappa shape index (κ1) is 20.9. The van der Waals surface area contributed by atoms with Crippen molar-refractivity contribution in [3.63, 3.8) is 0 Å². The van der Waals surface area contributed by atoms with Gasteiger partial charge in [-0.15, -0.1) is 0 Å². The van der Waals surface area contributed by atoms with Crippen LogP contribution >= 0.6 is 0 Å². The van der Waals surface area contributed by atoms with Crippen molar-refractivity contribution < 1.29 is 0 Å². The maximum atomic E-state index is 5.24. The maximum Gasteiger partial charge on any atom is 0.145 e. The van der Waals surface area contributed by atoms with Crippen molar-refractivity contribution in [2.45, 2.75) is 39.5 Å². The van der Waals surface area contributed by atoms with Gasteiger partial charge in [0.15, 0.2) is 0 Å². The third-order valence-electron chi connectivity index (χ3n) is 7.09. The molecule has 3 nitrogen and oxygen atoms in total. The minimum atomic E-state index is 0.235. The highest BCUT2D eigenvalue weighted by Crippen LogP contribution is 2.41. The lowest BCUT2D eigenvalue weighted by Gasteiger charge is -2.15. The molecule has 2 heterocycles. The quantitative estimate of drug-likeness (QED) is 0.275. The Kier molecular flexibility index (Phi) is 4.70. The highest BCUT2D eigenvalue weighted by atomic mass is 15.1. The number of hydrogen-bond donors (Lipinski definition) is 0. The molecule has 6 rings (SSSR count). The van der Waals surface area contributed by atoms with Gasteiger partial charge in [-0.25, -0.2) is 9.97 Å². The van der Waals surface area contributed by atoms with E-state index in [0.717, 1.165) is 22.6 Å². The smallest absolute Gasteiger partial charge is 0.145 e. The molecule has 0 aliphatic heterocycles. The fraction of sp³-hybridized carbons (Fsp3) is 0.226. The van der Waals surface area contributed by atoms with Crippen molar-refractivity contribution in [1.29, 1.82) is 0 Å². The zero-order valence-electron chi connectivity index (χ0n) is 20.4. The summed E-state index contributed by atoms with van der Waals surface area (Å²) in [7, 11) is 2.13. The van der Waals surface area contributed by atoms with Crippen LogP contribution in [0.25, 0.3) is 54.7 Å². The fourth-order valence-corrected chi connectivity index (χ4v) is 5.34. The molecule has 0 atom stereocenters. The number of benzene rings is 4. The van der Waals surface area contributed by atoms with Crippen LogP contribution in [0.4, 0.5) is 0 Å². The summed E-state index contributed by atoms with van der Waals surface area (Å²) in [5.41, 5.74) is 5.76. The highest BCUT2D eigenvalue weighted by Gasteiger charge is 2.22. The molecule has 0 aliphatic rings. The Morgan fingerprint density at radius 1 is 0.647 bits per heavy atom. The second-order valence-corrected chi connectivity index (χ2v) is 9.93. The van der Waals surface area contributed by atoms with Gasteiger partial charge in [0.25, 0.3) is 0 Å². The molecule has 0 unspecified atom stereocenters. The number of aryl methyl sites for hydroxylation is 1. The lowest BCUT2D eigenvalue weighted by Crippen LogP contribution is -2.02. The van der Waals surface area contributed by atoms with Gasteiger partial charge in [0.05, 0.1) is 16.6 Å². The lowest BCUT2D eigenvalue weighted by molar-refractivity contribution is 0.778. The van der Waals surface area contributed by atoms with Crippen LogP contribution < -0.4 is 0 Å². The standard InChI is InChI=1S/C31H29N3/c1-18(2)21-15-16-25(24-13-9-8-12-23(21)24)29-28-27-22-11-7-6-10-20(22)14-17-26(27)34(5)31(28)33-30(32-29)19(3)4/h6-19H,1-5H3. The summed E-state index contributed by atoms with van der Waals surface area (Å²) in [4.78, 5) is 10.3. The number of fused-ring (bicyclic) bond motifs is 6. The van der Waals surface area contributed by atoms with Crippen LogP contribution in [0.15, 0.2) is 72.8 Å². The minimum Gasteiger partial charge on any atom is -0.328 e. The van der Waals surface area contributed by atoms with E-state index in [-0.39, 0.29) is 5.92 Å². The van der Waals surface area contributed by atoms with Gasteiger partial charge in [-0.1, -0.05) is 94.4 Å². The highest BCUT2D eigenvalue weighted by molar-refractivity contribution is 6.24. The molecule has 0 amide bonds. The Hall–Kier alpha value is -3.72. The van der Waals surface area contributed by atoms with Gasteiger partial charge >= 0.3 is 0 Å². The molecule has 0 spiro atoms. The average molecular weight is 444 g/mol. The molecule has 3 heteroatoms. The fourth-order valence-electron chi connectivity index (χ4n) is 5.34. The first-order valence-corrected chi connectivity index (χ1v) is 12.2. The summed E-state index contributed by atoms with van der Waals surface area (Å²) in [5, 5.41) is 7.41. The predicted molar refractivity (Wildman–Crippen MR) is 145 cm³/mol. The second-order valence-electron chi connectivity index (χ2n) is 9.93. The molecule has 0 aliphatic carbocycles. The van der Waals surface area contributed by atoms with Crippen molar-refractivity contribution in [1.82, 2.24) is 14.5 Å². The van der Waals surface area contributed by atoms with Gasteiger partial charge in [-0.05, 0) is 39.1 Å². The first-order valence-electron chi connectivity index (χ1n) is 12.2. The summed E-state index contributed by atoms with van der Waals surface area (Å²) in [6.07, 6.45) is 0. The SMILES string of the molecule is CC(C)c1nc(-c2ccc(C(C)C)c3ccccc23)c2c3c4ccccc4ccc3n(C)c2n1. The van der Waals surface area contributed by atoms with E-state index >= 15 is 0 Å². The average Bonchev–Trinajstić information content (AvgIpc) is 3.15. The van der Waals surface area contributed by atoms with E-state index in [9.17, 15) is 0 Å². The van der Waals surface area contributed by atoms with Gasteiger partial charge in [0, 0.05) is 23.9 Å². The lowest BCUT2D eigenvalue weighted by atomic mass is 9.91. The molecular formula is C31H29N3. The number of hydrogen-bond acceptors (Lipinski definition) is 2. The van der Waals surface area contributed by atoms with Crippen molar-refractivity contribution in [3.05, 3.63) is 84.2 Å². The second kappa shape index (κ2) is 7.66. The molecule has 168 valence electrons. The van der Waals surface area contributed by atoms with Crippen LogP contribution in [0.5, 0.6) is 0 Å². The molecule has 0 N–H and O–H groups in total. The van der Waals surface area contributed by atoms with Gasteiger partial charge in [0.2, 0.25) is 0 Å². The molecule has 0 radical (unpaired) electrons. The monoisotopic (exact) mass is 443 g/mol. The van der Waals surface area contributed by atoms with E-state index in [1.165, 1.54) is 43.6 Å². The van der Waals surface area contributed by atoms with Crippen LogP contribution in [-0.4, -0.2) is 14.5 Å². The Bertz CT molecular complexity index is 1720. The molecule has 0 bridgehead atoms. The number of rotatable bonds is 3. The van der Waals surface area contributed by atoms with Gasteiger partial charge in [-0.3, -0.25) is 0 Å². The molecular weight excluding hydrogens is 414 g/mol. The Balaban J connectivity index is 1.85. The molecule has 0 fully saturated rings. The van der Waals surface area contributed by atoms with Crippen LogP contribution in [0.1, 0.15) is 50.9 Å². The minimum absolute atomic E-state index is 0.235. The van der Waals surface area contributed by atoms with E-state index in [2.05, 4.69) is 112 Å². The molecule has 4 aromatic carbocycles. The zero-order chi connectivity index (χ0) is 23.6. The van der Waals surface area contributed by atoms with Gasteiger partial charge in [-0.2, -0.15) is 0 Å². The summed E-state index contributed by atoms with van der Waals surface area (Å²) in [6.45, 7) is 8.86. The van der Waals surface area contributed by atoms with Crippen molar-refractivity contribution in [2.75, 3.05) is 0 Å². The Labute approximate surface area is 200 Å². The zero-order valence-corrected chi connectivity index (χ0v) is 20.4. The van der Waals surface area contributed by atoms with Crippen LogP contribution in [0.2, 0.25) is 0 Å². The Morgan fingerprint density at radius 2 is 1.35 bits per heavy atom. The summed E-state index contributed by atoms with van der Waals surface area (Å²) >= 11 is 0. The van der Waals surface area contributed by atoms with Crippen LogP contribution in [0, 0.1) is 0 Å². The molecule has 34 heavy (non-hydrogen) atoms. The van der Waals surface area contributed by atoms with Crippen molar-refractivity contribution >= 4 is 43.5 Å². The summed E-state index contributed by atoms with van der Waals surface area (Å²) in [6, 6.07) is 26.4. The van der Waals surface area contributed by atoms with Crippen molar-refractivity contribution in [3.8, 4) is 11.3 Å². The van der Waals surface area contributed by atoms with Crippen LogP contribution in [0.3, 0.4) is 0 Å². The topological polar surface area (TPSA) is 30.7 Å². The number of nitrogens with zero attached hydrogens (tertiary/aromatic N) is 3. The van der Waals surface area contributed by atoms with Gasteiger partial charge < -0.3 is 4.57 Å². The normalized spacial score (nSPS) is 12.2. The molecule has 6 aromatic rings. The van der Waals surface area contributed by atoms with Crippen molar-refractivity contribution in [2.24, 2.45) is 7.05 Å². The third-order valence-corrected chi connectivity index (χ3v) is 7.09. The van der Waals surface area contributed by atoms with Crippen LogP contribution in [-0.2, 0) is 7.05 Å². The van der Waals surface area contributed by atoms with E-state index < -0.39 is 0 Å². The molecule has 2 aromatic heterocycles. The number of aromatic nitrogens is 3. The van der Waals surface area contributed by atoms with E-state index in [1.54, 1.807) is 0 Å². The van der Waals surface area contributed by atoms with E-state index in [4.69, 9.17) is 9.97 Å².